The number of hydrogen-bond donors (Lipinski definition) is 2. The van der Waals surface area contributed by atoms with Crippen molar-refractivity contribution in [2.24, 2.45) is 0 Å². The Morgan fingerprint density at radius 2 is 1.88 bits per heavy atom. The maximum atomic E-state index is 13.6. The number of alkyl carbamates (subject to hydrolysis) is 1. The van der Waals surface area contributed by atoms with Gasteiger partial charge in [0, 0.05) is 0 Å². The summed E-state index contributed by atoms with van der Waals surface area (Å²) in [4.78, 5) is 23.1. The number of halogens is 1. The number of ether oxygens (including phenoxy) is 1. The number of hydrogen-bond acceptors (Lipinski definition) is 3. The van der Waals surface area contributed by atoms with Crippen molar-refractivity contribution in [3.05, 3.63) is 71.0 Å². The monoisotopic (exact) mass is 329 g/mol. The van der Waals surface area contributed by atoms with Crippen molar-refractivity contribution in [1.29, 1.82) is 0 Å². The molecule has 1 aliphatic rings. The first-order chi connectivity index (χ1) is 11.5. The smallest absolute Gasteiger partial charge is 0.408 e. The summed E-state index contributed by atoms with van der Waals surface area (Å²) in [7, 11) is 0. The Balaban J connectivity index is 1.68. The van der Waals surface area contributed by atoms with Gasteiger partial charge in [-0.15, -0.1) is 0 Å². The molecule has 3 rings (SSSR count). The predicted molar refractivity (Wildman–Crippen MR) is 84.0 cm³/mol. The lowest BCUT2D eigenvalue weighted by atomic mass is 10.0. The van der Waals surface area contributed by atoms with Gasteiger partial charge in [0.15, 0.2) is 0 Å². The molecule has 2 aromatic carbocycles. The van der Waals surface area contributed by atoms with Crippen molar-refractivity contribution in [2.45, 2.75) is 25.0 Å². The first-order valence-corrected chi connectivity index (χ1v) is 7.52. The molecule has 1 saturated carbocycles. The van der Waals surface area contributed by atoms with E-state index in [1.54, 1.807) is 0 Å². The van der Waals surface area contributed by atoms with Crippen molar-refractivity contribution in [3.63, 3.8) is 0 Å². The lowest BCUT2D eigenvalue weighted by Gasteiger charge is -2.18. The van der Waals surface area contributed by atoms with E-state index in [4.69, 9.17) is 9.84 Å². The van der Waals surface area contributed by atoms with Crippen LogP contribution in [0.3, 0.4) is 0 Å². The van der Waals surface area contributed by atoms with Crippen LogP contribution >= 0.6 is 0 Å². The van der Waals surface area contributed by atoms with Crippen molar-refractivity contribution < 1.29 is 23.8 Å². The zero-order valence-electron chi connectivity index (χ0n) is 12.8. The van der Waals surface area contributed by atoms with Crippen LogP contribution in [0.15, 0.2) is 48.5 Å². The van der Waals surface area contributed by atoms with Gasteiger partial charge in [0.1, 0.15) is 12.4 Å². The van der Waals surface area contributed by atoms with E-state index >= 15 is 0 Å². The Bertz CT molecular complexity index is 772. The van der Waals surface area contributed by atoms with E-state index in [0.29, 0.717) is 18.4 Å². The fraction of sp³-hybridized carbons (Fsp3) is 0.222. The number of rotatable bonds is 5. The molecular formula is C18H16FNO4. The Kier molecular flexibility index (Phi) is 4.20. The highest BCUT2D eigenvalue weighted by atomic mass is 19.1. The fourth-order valence-corrected chi connectivity index (χ4v) is 2.55. The summed E-state index contributed by atoms with van der Waals surface area (Å²) < 4.78 is 18.8. The number of nitrogens with one attached hydrogen (secondary N) is 1. The number of carboxylic acids is 1. The average Bonchev–Trinajstić information content (AvgIpc) is 3.34. The minimum atomic E-state index is -1.21. The highest BCUT2D eigenvalue weighted by molar-refractivity contribution is 5.88. The van der Waals surface area contributed by atoms with Gasteiger partial charge in [-0.2, -0.15) is 0 Å². The first kappa shape index (κ1) is 16.0. The van der Waals surface area contributed by atoms with Gasteiger partial charge in [0.2, 0.25) is 0 Å². The van der Waals surface area contributed by atoms with Gasteiger partial charge in [-0.25, -0.2) is 14.0 Å². The van der Waals surface area contributed by atoms with Crippen LogP contribution in [0.4, 0.5) is 9.18 Å². The number of carboxylic acid groups (broad SMARTS) is 1. The normalized spacial score (nSPS) is 14.7. The molecule has 124 valence electrons. The third kappa shape index (κ3) is 3.53. The molecule has 24 heavy (non-hydrogen) atoms. The second-order valence-electron chi connectivity index (χ2n) is 5.80. The van der Waals surface area contributed by atoms with Gasteiger partial charge in [-0.3, -0.25) is 0 Å². The number of benzene rings is 2. The first-order valence-electron chi connectivity index (χ1n) is 7.52. The summed E-state index contributed by atoms with van der Waals surface area (Å²) in [6.45, 7) is 0.131. The Morgan fingerprint density at radius 1 is 1.17 bits per heavy atom. The van der Waals surface area contributed by atoms with E-state index in [1.165, 1.54) is 12.1 Å². The van der Waals surface area contributed by atoms with Crippen molar-refractivity contribution in [2.75, 3.05) is 0 Å². The molecule has 5 nitrogen and oxygen atoms in total. The minimum absolute atomic E-state index is 0.131. The molecule has 0 spiro atoms. The quantitative estimate of drug-likeness (QED) is 0.881. The molecule has 0 aliphatic heterocycles. The van der Waals surface area contributed by atoms with E-state index in [2.05, 4.69) is 5.32 Å². The summed E-state index contributed by atoms with van der Waals surface area (Å²) in [6.07, 6.45) is 0.601. The summed E-state index contributed by atoms with van der Waals surface area (Å²) in [5.41, 5.74) is 0.406. The summed E-state index contributed by atoms with van der Waals surface area (Å²) >= 11 is 0. The van der Waals surface area contributed by atoms with Crippen molar-refractivity contribution in [3.8, 4) is 0 Å². The van der Waals surface area contributed by atoms with Crippen LogP contribution in [0.25, 0.3) is 0 Å². The number of amides is 1. The highest BCUT2D eigenvalue weighted by Crippen LogP contribution is 2.46. The average molecular weight is 329 g/mol. The van der Waals surface area contributed by atoms with E-state index < -0.39 is 23.4 Å². The molecule has 0 unspecified atom stereocenters. The maximum Gasteiger partial charge on any atom is 0.408 e. The second-order valence-corrected chi connectivity index (χ2v) is 5.80. The summed E-state index contributed by atoms with van der Waals surface area (Å²) in [5.74, 6) is -1.85. The SMILES string of the molecule is O=C(NC1(c2cc(F)cc(C(=O)O)c2)CC1)OCc1ccccc1. The van der Waals surface area contributed by atoms with Crippen molar-refractivity contribution >= 4 is 12.1 Å². The fourth-order valence-electron chi connectivity index (χ4n) is 2.55. The van der Waals surface area contributed by atoms with E-state index in [-0.39, 0.29) is 12.2 Å². The molecule has 1 fully saturated rings. The molecule has 0 aromatic heterocycles. The lowest BCUT2D eigenvalue weighted by molar-refractivity contribution is 0.0696. The largest absolute Gasteiger partial charge is 0.478 e. The molecule has 0 bridgehead atoms. The van der Waals surface area contributed by atoms with Crippen LogP contribution in [0.1, 0.15) is 34.3 Å². The lowest BCUT2D eigenvalue weighted by Crippen LogP contribution is -2.35. The molecule has 2 N–H and O–H groups in total. The van der Waals surface area contributed by atoms with Crippen molar-refractivity contribution in [1.82, 2.24) is 5.32 Å². The Morgan fingerprint density at radius 3 is 2.50 bits per heavy atom. The van der Waals surface area contributed by atoms with Gasteiger partial charge >= 0.3 is 12.1 Å². The van der Waals surface area contributed by atoms with Gasteiger partial charge in [0.25, 0.3) is 0 Å². The highest BCUT2D eigenvalue weighted by Gasteiger charge is 2.46. The Labute approximate surface area is 138 Å². The standard InChI is InChI=1S/C18H16FNO4/c19-15-9-13(16(21)22)8-14(10-15)18(6-7-18)20-17(23)24-11-12-4-2-1-3-5-12/h1-5,8-10H,6-7,11H2,(H,20,23)(H,21,22). The van der Waals surface area contributed by atoms with Gasteiger partial charge < -0.3 is 15.2 Å². The minimum Gasteiger partial charge on any atom is -0.478 e. The topological polar surface area (TPSA) is 75.6 Å². The maximum absolute atomic E-state index is 13.6. The molecule has 6 heteroatoms. The molecule has 0 radical (unpaired) electrons. The van der Waals surface area contributed by atoms with E-state index in [1.807, 2.05) is 30.3 Å². The molecule has 0 atom stereocenters. The van der Waals surface area contributed by atoms with Crippen LogP contribution in [0, 0.1) is 5.82 Å². The van der Waals surface area contributed by atoms with Crippen LogP contribution in [0.2, 0.25) is 0 Å². The van der Waals surface area contributed by atoms with E-state index in [9.17, 15) is 14.0 Å². The van der Waals surface area contributed by atoms with Crippen LogP contribution in [0.5, 0.6) is 0 Å². The van der Waals surface area contributed by atoms with Gasteiger partial charge in [0.05, 0.1) is 11.1 Å². The zero-order valence-corrected chi connectivity index (χ0v) is 12.8. The number of carbonyl (C=O) groups is 2. The summed E-state index contributed by atoms with van der Waals surface area (Å²) in [6, 6.07) is 12.8. The molecule has 2 aromatic rings. The van der Waals surface area contributed by atoms with Gasteiger partial charge in [-0.05, 0) is 42.2 Å². The third-order valence-corrected chi connectivity index (χ3v) is 4.00. The molecular weight excluding hydrogens is 313 g/mol. The number of aromatic carboxylic acids is 1. The second kappa shape index (κ2) is 6.31. The Hall–Kier alpha value is -2.89. The zero-order chi connectivity index (χ0) is 17.2. The van der Waals surface area contributed by atoms with Crippen LogP contribution in [-0.2, 0) is 16.9 Å². The van der Waals surface area contributed by atoms with Crippen LogP contribution < -0.4 is 5.32 Å². The molecule has 1 aliphatic carbocycles. The summed E-state index contributed by atoms with van der Waals surface area (Å²) in [5, 5.41) is 11.8. The predicted octanol–water partition coefficient (Wildman–Crippen LogP) is 3.44. The molecule has 1 amide bonds. The molecule has 0 heterocycles. The molecule has 0 saturated heterocycles. The number of carbonyl (C=O) groups excluding carboxylic acids is 1. The third-order valence-electron chi connectivity index (χ3n) is 4.00. The van der Waals surface area contributed by atoms with E-state index in [0.717, 1.165) is 11.6 Å². The van der Waals surface area contributed by atoms with Gasteiger partial charge in [-0.1, -0.05) is 30.3 Å². The van der Waals surface area contributed by atoms with Crippen LogP contribution in [-0.4, -0.2) is 17.2 Å².